The van der Waals surface area contributed by atoms with Crippen molar-refractivity contribution in [3.8, 4) is 0 Å². The highest BCUT2D eigenvalue weighted by molar-refractivity contribution is 9.10. The molecule has 1 unspecified atom stereocenters. The van der Waals surface area contributed by atoms with Gasteiger partial charge in [-0.05, 0) is 40.2 Å². The van der Waals surface area contributed by atoms with Crippen LogP contribution in [0.15, 0.2) is 40.9 Å². The first kappa shape index (κ1) is 15.1. The predicted molar refractivity (Wildman–Crippen MR) is 76.0 cm³/mol. The van der Waals surface area contributed by atoms with Gasteiger partial charge < -0.3 is 5.32 Å². The molecule has 0 bridgehead atoms. The van der Waals surface area contributed by atoms with E-state index < -0.39 is 23.5 Å². The second-order valence-electron chi connectivity index (χ2n) is 4.30. The largest absolute Gasteiger partial charge is 0.306 e. The van der Waals surface area contributed by atoms with Gasteiger partial charge in [0.2, 0.25) is 0 Å². The first-order valence-electron chi connectivity index (χ1n) is 6.16. The third-order valence-electron chi connectivity index (χ3n) is 2.97. The topological polar surface area (TPSA) is 12.0 Å². The van der Waals surface area contributed by atoms with Crippen molar-refractivity contribution >= 4 is 15.9 Å². The summed E-state index contributed by atoms with van der Waals surface area (Å²) in [6.45, 7) is 2.42. The highest BCUT2D eigenvalue weighted by Gasteiger charge is 2.21. The number of hydrogen-bond acceptors (Lipinski definition) is 1. The Hall–Kier alpha value is -1.33. The van der Waals surface area contributed by atoms with Gasteiger partial charge in [-0.2, -0.15) is 0 Å². The molecule has 2 rings (SSSR count). The van der Waals surface area contributed by atoms with Crippen LogP contribution in [-0.4, -0.2) is 6.54 Å². The van der Waals surface area contributed by atoms with E-state index in [1.54, 1.807) is 12.1 Å². The Morgan fingerprint density at radius 1 is 1.05 bits per heavy atom. The number of rotatable bonds is 4. The summed E-state index contributed by atoms with van der Waals surface area (Å²) in [7, 11) is 0. The zero-order valence-corrected chi connectivity index (χ0v) is 12.3. The predicted octanol–water partition coefficient (Wildman–Crippen LogP) is 4.57. The van der Waals surface area contributed by atoms with Gasteiger partial charge >= 0.3 is 0 Å². The number of halogens is 4. The van der Waals surface area contributed by atoms with Crippen LogP contribution in [0.1, 0.15) is 24.1 Å². The molecule has 2 aromatic carbocycles. The van der Waals surface area contributed by atoms with Crippen LogP contribution < -0.4 is 5.32 Å². The Balaban J connectivity index is 2.53. The SMILES string of the molecule is CCNC(c1ccc(F)cc1F)c1cccc(F)c1Br. The van der Waals surface area contributed by atoms with Crippen LogP contribution in [-0.2, 0) is 0 Å². The highest BCUT2D eigenvalue weighted by atomic mass is 79.9. The molecule has 0 aliphatic rings. The molecule has 0 aromatic heterocycles. The average Bonchev–Trinajstić information content (AvgIpc) is 2.40. The van der Waals surface area contributed by atoms with Crippen LogP contribution in [0.3, 0.4) is 0 Å². The number of nitrogens with one attached hydrogen (secondary N) is 1. The second kappa shape index (κ2) is 6.41. The van der Waals surface area contributed by atoms with E-state index in [0.29, 0.717) is 12.1 Å². The van der Waals surface area contributed by atoms with E-state index in [0.717, 1.165) is 6.07 Å². The molecule has 5 heteroatoms. The molecule has 0 amide bonds. The summed E-state index contributed by atoms with van der Waals surface area (Å²) in [5, 5.41) is 3.08. The monoisotopic (exact) mass is 343 g/mol. The lowest BCUT2D eigenvalue weighted by Crippen LogP contribution is -2.23. The Kier molecular flexibility index (Phi) is 4.83. The lowest BCUT2D eigenvalue weighted by atomic mass is 9.98. The van der Waals surface area contributed by atoms with Gasteiger partial charge in [-0.3, -0.25) is 0 Å². The van der Waals surface area contributed by atoms with Crippen molar-refractivity contribution < 1.29 is 13.2 Å². The van der Waals surface area contributed by atoms with E-state index in [1.165, 1.54) is 18.2 Å². The summed E-state index contributed by atoms with van der Waals surface area (Å²) in [6.07, 6.45) is 0. The maximum atomic E-state index is 14.0. The summed E-state index contributed by atoms with van der Waals surface area (Å²) in [4.78, 5) is 0. The summed E-state index contributed by atoms with van der Waals surface area (Å²) >= 11 is 3.18. The van der Waals surface area contributed by atoms with Crippen LogP contribution in [0.5, 0.6) is 0 Å². The average molecular weight is 344 g/mol. The van der Waals surface area contributed by atoms with Crippen molar-refractivity contribution in [3.05, 3.63) is 69.4 Å². The van der Waals surface area contributed by atoms with Crippen molar-refractivity contribution in [2.24, 2.45) is 0 Å². The molecule has 0 fully saturated rings. The molecule has 1 N–H and O–H groups in total. The standard InChI is InChI=1S/C15H13BrF3N/c1-2-20-15(10-7-6-9(17)8-13(10)19)11-4-3-5-12(18)14(11)16/h3-8,15,20H,2H2,1H3. The Morgan fingerprint density at radius 2 is 1.80 bits per heavy atom. The lowest BCUT2D eigenvalue weighted by molar-refractivity contribution is 0.537. The smallest absolute Gasteiger partial charge is 0.137 e. The van der Waals surface area contributed by atoms with Crippen molar-refractivity contribution in [1.82, 2.24) is 5.32 Å². The molecule has 2 aromatic rings. The summed E-state index contributed by atoms with van der Waals surface area (Å²) in [5.41, 5.74) is 0.844. The first-order valence-corrected chi connectivity index (χ1v) is 6.96. The molecule has 0 saturated heterocycles. The van der Waals surface area contributed by atoms with Crippen molar-refractivity contribution in [1.29, 1.82) is 0 Å². The van der Waals surface area contributed by atoms with Gasteiger partial charge in [0.25, 0.3) is 0 Å². The van der Waals surface area contributed by atoms with Gasteiger partial charge in [-0.1, -0.05) is 25.1 Å². The fourth-order valence-corrected chi connectivity index (χ4v) is 2.56. The van der Waals surface area contributed by atoms with Gasteiger partial charge in [0.1, 0.15) is 17.5 Å². The summed E-state index contributed by atoms with van der Waals surface area (Å²) in [5.74, 6) is -1.72. The molecule has 1 nitrogen and oxygen atoms in total. The molecular formula is C15H13BrF3N. The number of benzene rings is 2. The summed E-state index contributed by atoms with van der Waals surface area (Å²) in [6, 6.07) is 7.41. The van der Waals surface area contributed by atoms with E-state index in [1.807, 2.05) is 6.92 Å². The molecule has 1 atom stereocenters. The third-order valence-corrected chi connectivity index (χ3v) is 3.81. The Bertz CT molecular complexity index is 616. The Labute approximate surface area is 123 Å². The molecule has 0 radical (unpaired) electrons. The minimum Gasteiger partial charge on any atom is -0.306 e. The van der Waals surface area contributed by atoms with Gasteiger partial charge in [0, 0.05) is 11.6 Å². The second-order valence-corrected chi connectivity index (χ2v) is 5.09. The van der Waals surface area contributed by atoms with Crippen LogP contribution >= 0.6 is 15.9 Å². The first-order chi connectivity index (χ1) is 9.54. The van der Waals surface area contributed by atoms with Crippen LogP contribution in [0, 0.1) is 17.5 Å². The van der Waals surface area contributed by atoms with Gasteiger partial charge in [0.15, 0.2) is 0 Å². The third kappa shape index (κ3) is 3.04. The lowest BCUT2D eigenvalue weighted by Gasteiger charge is -2.21. The van der Waals surface area contributed by atoms with E-state index in [-0.39, 0.29) is 10.0 Å². The van der Waals surface area contributed by atoms with Crippen LogP contribution in [0.2, 0.25) is 0 Å². The molecule has 20 heavy (non-hydrogen) atoms. The van der Waals surface area contributed by atoms with Gasteiger partial charge in [-0.25, -0.2) is 13.2 Å². The fraction of sp³-hybridized carbons (Fsp3) is 0.200. The molecule has 0 aliphatic carbocycles. The zero-order valence-electron chi connectivity index (χ0n) is 10.8. The number of hydrogen-bond donors (Lipinski definition) is 1. The fourth-order valence-electron chi connectivity index (χ4n) is 2.07. The molecule has 0 heterocycles. The van der Waals surface area contributed by atoms with Crippen LogP contribution in [0.4, 0.5) is 13.2 Å². The van der Waals surface area contributed by atoms with E-state index in [4.69, 9.17) is 0 Å². The zero-order chi connectivity index (χ0) is 14.7. The minimum absolute atomic E-state index is 0.273. The maximum absolute atomic E-state index is 14.0. The van der Waals surface area contributed by atoms with Gasteiger partial charge in [-0.15, -0.1) is 0 Å². The highest BCUT2D eigenvalue weighted by Crippen LogP contribution is 2.31. The van der Waals surface area contributed by atoms with Crippen molar-refractivity contribution in [3.63, 3.8) is 0 Å². The summed E-state index contributed by atoms with van der Waals surface area (Å²) < 4.78 is 40.9. The van der Waals surface area contributed by atoms with Crippen molar-refractivity contribution in [2.75, 3.05) is 6.54 Å². The molecule has 106 valence electrons. The van der Waals surface area contributed by atoms with Crippen molar-refractivity contribution in [2.45, 2.75) is 13.0 Å². The van der Waals surface area contributed by atoms with Crippen LogP contribution in [0.25, 0.3) is 0 Å². The maximum Gasteiger partial charge on any atom is 0.137 e. The Morgan fingerprint density at radius 3 is 2.45 bits per heavy atom. The molecule has 0 spiro atoms. The molecule has 0 saturated carbocycles. The van der Waals surface area contributed by atoms with E-state index in [9.17, 15) is 13.2 Å². The van der Waals surface area contributed by atoms with E-state index >= 15 is 0 Å². The molecular weight excluding hydrogens is 331 g/mol. The quantitative estimate of drug-likeness (QED) is 0.857. The van der Waals surface area contributed by atoms with E-state index in [2.05, 4.69) is 21.2 Å². The van der Waals surface area contributed by atoms with Gasteiger partial charge in [0.05, 0.1) is 10.5 Å². The minimum atomic E-state index is -0.660. The normalized spacial score (nSPS) is 12.4. The molecule has 0 aliphatic heterocycles.